The number of benzene rings is 1. The van der Waals surface area contributed by atoms with Gasteiger partial charge in [0.1, 0.15) is 5.82 Å². The van der Waals surface area contributed by atoms with Gasteiger partial charge in [0.2, 0.25) is 10.0 Å². The minimum atomic E-state index is -3.27. The second-order valence-electron chi connectivity index (χ2n) is 5.29. The minimum absolute atomic E-state index is 0. The van der Waals surface area contributed by atoms with E-state index in [1.807, 2.05) is 12.1 Å². The summed E-state index contributed by atoms with van der Waals surface area (Å²) in [6, 6.07) is 7.54. The lowest BCUT2D eigenvalue weighted by molar-refractivity contribution is 0.607. The third-order valence-corrected chi connectivity index (χ3v) is 4.07. The van der Waals surface area contributed by atoms with Crippen LogP contribution in [0.15, 0.2) is 30.5 Å². The van der Waals surface area contributed by atoms with Gasteiger partial charge in [-0.05, 0) is 31.5 Å². The van der Waals surface area contributed by atoms with Crippen molar-refractivity contribution in [3.8, 4) is 11.3 Å². The second kappa shape index (κ2) is 6.68. The first-order valence-electron chi connectivity index (χ1n) is 6.88. The van der Waals surface area contributed by atoms with Gasteiger partial charge in [-0.25, -0.2) is 13.4 Å². The Labute approximate surface area is 136 Å². The molecular formula is C14H19ClN4O2S. The number of aromatic nitrogens is 2. The van der Waals surface area contributed by atoms with Crippen LogP contribution in [-0.2, 0) is 10.0 Å². The third kappa shape index (κ3) is 4.00. The van der Waals surface area contributed by atoms with E-state index in [-0.39, 0.29) is 18.4 Å². The maximum Gasteiger partial charge on any atom is 0.229 e. The van der Waals surface area contributed by atoms with Crippen LogP contribution in [0.1, 0.15) is 24.7 Å². The number of nitrogens with one attached hydrogen (secondary N) is 3. The Balaban J connectivity index is 0.00000176. The van der Waals surface area contributed by atoms with Crippen molar-refractivity contribution in [1.29, 1.82) is 0 Å². The molecule has 3 N–H and O–H groups in total. The summed E-state index contributed by atoms with van der Waals surface area (Å²) >= 11 is 0. The number of nitrogens with zero attached hydrogens (tertiary/aromatic N) is 1. The average molecular weight is 343 g/mol. The summed E-state index contributed by atoms with van der Waals surface area (Å²) in [4.78, 5) is 7.73. The van der Waals surface area contributed by atoms with Crippen molar-refractivity contribution in [3.05, 3.63) is 36.3 Å². The summed E-state index contributed by atoms with van der Waals surface area (Å²) < 4.78 is 25.1. The van der Waals surface area contributed by atoms with Crippen LogP contribution in [0.25, 0.3) is 11.3 Å². The van der Waals surface area contributed by atoms with E-state index in [9.17, 15) is 8.42 Å². The summed E-state index contributed by atoms with van der Waals surface area (Å²) in [6.45, 7) is 1.02. The summed E-state index contributed by atoms with van der Waals surface area (Å²) in [5.41, 5.74) is 2.33. The summed E-state index contributed by atoms with van der Waals surface area (Å²) in [5.74, 6) is 0.934. The van der Waals surface area contributed by atoms with Gasteiger partial charge in [0, 0.05) is 11.3 Å². The molecule has 1 aromatic carbocycles. The zero-order chi connectivity index (χ0) is 14.9. The smallest absolute Gasteiger partial charge is 0.229 e. The first kappa shape index (κ1) is 16.8. The normalized spacial score (nSPS) is 18.0. The lowest BCUT2D eigenvalue weighted by atomic mass is 10.1. The molecule has 3 rings (SSSR count). The monoisotopic (exact) mass is 342 g/mol. The highest BCUT2D eigenvalue weighted by Crippen LogP contribution is 2.25. The average Bonchev–Trinajstić information content (AvgIpc) is 3.08. The van der Waals surface area contributed by atoms with Crippen molar-refractivity contribution >= 4 is 28.1 Å². The predicted molar refractivity (Wildman–Crippen MR) is 89.7 cm³/mol. The molecule has 1 aromatic heterocycles. The van der Waals surface area contributed by atoms with E-state index >= 15 is 0 Å². The molecule has 0 radical (unpaired) electrons. The van der Waals surface area contributed by atoms with E-state index in [4.69, 9.17) is 0 Å². The SMILES string of the molecule is CS(=O)(=O)Nc1cccc(-c2cnc([C@@H]3CCCN3)[nH]2)c1.Cl. The molecule has 2 heterocycles. The van der Waals surface area contributed by atoms with Crippen LogP contribution in [0.2, 0.25) is 0 Å². The standard InChI is InChI=1S/C14H18N4O2S.ClH/c1-21(19,20)18-11-5-2-4-10(8-11)13-9-16-14(17-13)12-6-3-7-15-12;/h2,4-5,8-9,12,15,18H,3,6-7H2,1H3,(H,16,17);1H/t12-;/m0./s1. The molecule has 22 heavy (non-hydrogen) atoms. The van der Waals surface area contributed by atoms with Crippen LogP contribution in [0, 0.1) is 0 Å². The van der Waals surface area contributed by atoms with Gasteiger partial charge in [-0.15, -0.1) is 12.4 Å². The second-order valence-corrected chi connectivity index (χ2v) is 7.03. The molecule has 2 aromatic rings. The lowest BCUT2D eigenvalue weighted by Crippen LogP contribution is -2.14. The lowest BCUT2D eigenvalue weighted by Gasteiger charge is -2.07. The fourth-order valence-electron chi connectivity index (χ4n) is 2.54. The largest absolute Gasteiger partial charge is 0.341 e. The van der Waals surface area contributed by atoms with Gasteiger partial charge in [-0.2, -0.15) is 0 Å². The van der Waals surface area contributed by atoms with E-state index in [2.05, 4.69) is 20.0 Å². The molecule has 0 amide bonds. The van der Waals surface area contributed by atoms with Crippen LogP contribution in [0.4, 0.5) is 5.69 Å². The molecule has 1 fully saturated rings. The quantitative estimate of drug-likeness (QED) is 0.795. The van der Waals surface area contributed by atoms with Gasteiger partial charge in [-0.1, -0.05) is 12.1 Å². The number of imidazole rings is 1. The van der Waals surface area contributed by atoms with Crippen LogP contribution in [0.3, 0.4) is 0 Å². The number of hydrogen-bond donors (Lipinski definition) is 3. The fraction of sp³-hybridized carbons (Fsp3) is 0.357. The molecule has 120 valence electrons. The highest BCUT2D eigenvalue weighted by Gasteiger charge is 2.19. The highest BCUT2D eigenvalue weighted by atomic mass is 35.5. The molecular weight excluding hydrogens is 324 g/mol. The third-order valence-electron chi connectivity index (χ3n) is 3.46. The molecule has 8 heteroatoms. The molecule has 0 bridgehead atoms. The molecule has 0 saturated carbocycles. The molecule has 0 spiro atoms. The Hall–Kier alpha value is -1.57. The Morgan fingerprint density at radius 2 is 2.18 bits per heavy atom. The maximum absolute atomic E-state index is 11.3. The number of H-pyrrole nitrogens is 1. The Bertz CT molecular complexity index is 739. The van der Waals surface area contributed by atoms with Crippen LogP contribution in [0.5, 0.6) is 0 Å². The van der Waals surface area contributed by atoms with Crippen LogP contribution in [-0.4, -0.2) is 31.2 Å². The summed E-state index contributed by atoms with van der Waals surface area (Å²) in [5, 5.41) is 3.39. The van der Waals surface area contributed by atoms with Crippen molar-refractivity contribution in [2.45, 2.75) is 18.9 Å². The van der Waals surface area contributed by atoms with Gasteiger partial charge in [0.25, 0.3) is 0 Å². The van der Waals surface area contributed by atoms with Gasteiger partial charge in [0.05, 0.1) is 24.2 Å². The van der Waals surface area contributed by atoms with E-state index < -0.39 is 10.0 Å². The number of sulfonamides is 1. The van der Waals surface area contributed by atoms with Crippen LogP contribution >= 0.6 is 12.4 Å². The molecule has 1 aliphatic rings. The maximum atomic E-state index is 11.3. The molecule has 6 nitrogen and oxygen atoms in total. The Morgan fingerprint density at radius 1 is 1.36 bits per heavy atom. The Kier molecular flexibility index (Phi) is 5.10. The van der Waals surface area contributed by atoms with Gasteiger partial charge < -0.3 is 10.3 Å². The van der Waals surface area contributed by atoms with E-state index in [1.54, 1.807) is 18.3 Å². The first-order chi connectivity index (χ1) is 10.0. The molecule has 1 saturated heterocycles. The van der Waals surface area contributed by atoms with E-state index in [1.165, 1.54) is 0 Å². The van der Waals surface area contributed by atoms with Gasteiger partial charge >= 0.3 is 0 Å². The molecule has 0 unspecified atom stereocenters. The van der Waals surface area contributed by atoms with Crippen molar-refractivity contribution in [2.75, 3.05) is 17.5 Å². The zero-order valence-corrected chi connectivity index (χ0v) is 13.8. The number of halogens is 1. The topological polar surface area (TPSA) is 86.9 Å². The number of rotatable bonds is 4. The first-order valence-corrected chi connectivity index (χ1v) is 8.77. The summed E-state index contributed by atoms with van der Waals surface area (Å²) in [6.07, 6.45) is 5.17. The van der Waals surface area contributed by atoms with Crippen LogP contribution < -0.4 is 10.0 Å². The zero-order valence-electron chi connectivity index (χ0n) is 12.2. The number of hydrogen-bond acceptors (Lipinski definition) is 4. The highest BCUT2D eigenvalue weighted by molar-refractivity contribution is 7.92. The molecule has 1 aliphatic heterocycles. The van der Waals surface area contributed by atoms with Gasteiger partial charge in [0.15, 0.2) is 0 Å². The van der Waals surface area contributed by atoms with E-state index in [0.29, 0.717) is 5.69 Å². The summed E-state index contributed by atoms with van der Waals surface area (Å²) in [7, 11) is -3.27. The predicted octanol–water partition coefficient (Wildman–Crippen LogP) is 2.29. The Morgan fingerprint density at radius 3 is 2.86 bits per heavy atom. The molecule has 1 atom stereocenters. The number of anilines is 1. The van der Waals surface area contributed by atoms with Gasteiger partial charge in [-0.3, -0.25) is 4.72 Å². The van der Waals surface area contributed by atoms with Crippen molar-refractivity contribution < 1.29 is 8.42 Å². The van der Waals surface area contributed by atoms with Crippen molar-refractivity contribution in [2.24, 2.45) is 0 Å². The number of aromatic amines is 1. The van der Waals surface area contributed by atoms with Crippen molar-refractivity contribution in [3.63, 3.8) is 0 Å². The fourth-order valence-corrected chi connectivity index (χ4v) is 3.10. The molecule has 0 aliphatic carbocycles. The minimum Gasteiger partial charge on any atom is -0.341 e. The van der Waals surface area contributed by atoms with Crippen molar-refractivity contribution in [1.82, 2.24) is 15.3 Å². The van der Waals surface area contributed by atoms with E-state index in [0.717, 1.165) is 42.7 Å².